The van der Waals surface area contributed by atoms with Crippen LogP contribution in [-0.2, 0) is 6.54 Å². The van der Waals surface area contributed by atoms with Gasteiger partial charge in [0.25, 0.3) is 0 Å². The number of hydrogen-bond donors (Lipinski definition) is 1. The molecule has 3 aromatic carbocycles. The molecule has 0 aromatic heterocycles. The molecule has 196 valence electrons. The largest absolute Gasteiger partial charge is 0.493 e. The van der Waals surface area contributed by atoms with E-state index in [2.05, 4.69) is 33.3 Å². The van der Waals surface area contributed by atoms with E-state index in [9.17, 15) is 4.79 Å². The fraction of sp³-hybridized carbons (Fsp3) is 0.345. The van der Waals surface area contributed by atoms with E-state index in [0.29, 0.717) is 17.2 Å². The number of methoxy groups -OCH3 is 3. The molecular weight excluding hydrogens is 490 g/mol. The molecule has 0 radical (unpaired) electrons. The van der Waals surface area contributed by atoms with E-state index in [1.165, 1.54) is 0 Å². The minimum Gasteiger partial charge on any atom is -0.493 e. The number of likely N-dealkylation sites (tertiary alicyclic amines) is 1. The number of rotatable bonds is 7. The minimum absolute atomic E-state index is 0. The van der Waals surface area contributed by atoms with Crippen LogP contribution in [0.4, 0.5) is 10.5 Å². The normalized spacial score (nSPS) is 17.9. The number of urea groups is 1. The predicted molar refractivity (Wildman–Crippen MR) is 147 cm³/mol. The Hall–Kier alpha value is -3.42. The fourth-order valence-corrected chi connectivity index (χ4v) is 5.49. The van der Waals surface area contributed by atoms with Crippen LogP contribution in [0.15, 0.2) is 66.7 Å². The maximum atomic E-state index is 13.4. The second-order valence-electron chi connectivity index (χ2n) is 9.28. The van der Waals surface area contributed by atoms with Crippen molar-refractivity contribution in [1.29, 1.82) is 0 Å². The smallest absolute Gasteiger partial charge is 0.322 e. The Bertz CT molecular complexity index is 1190. The van der Waals surface area contributed by atoms with Crippen molar-refractivity contribution in [1.82, 2.24) is 9.80 Å². The lowest BCUT2D eigenvalue weighted by atomic mass is 9.90. The van der Waals surface area contributed by atoms with E-state index in [0.717, 1.165) is 54.9 Å². The number of hydrogen-bond acceptors (Lipinski definition) is 5. The average molecular weight is 524 g/mol. The third-order valence-electron chi connectivity index (χ3n) is 7.21. The van der Waals surface area contributed by atoms with Gasteiger partial charge in [0.05, 0.1) is 27.4 Å². The number of halogens is 1. The number of anilines is 1. The molecule has 0 spiro atoms. The van der Waals surface area contributed by atoms with Crippen LogP contribution in [0.2, 0.25) is 0 Å². The summed E-state index contributed by atoms with van der Waals surface area (Å²) in [6, 6.07) is 22.5. The van der Waals surface area contributed by atoms with Gasteiger partial charge in [-0.1, -0.05) is 48.5 Å². The second-order valence-corrected chi connectivity index (χ2v) is 9.28. The summed E-state index contributed by atoms with van der Waals surface area (Å²) in [4.78, 5) is 17.9. The summed E-state index contributed by atoms with van der Waals surface area (Å²) >= 11 is 0. The lowest BCUT2D eigenvalue weighted by molar-refractivity contribution is 0.105. The van der Waals surface area contributed by atoms with Crippen LogP contribution < -0.4 is 19.5 Å². The van der Waals surface area contributed by atoms with Crippen molar-refractivity contribution < 1.29 is 19.0 Å². The molecule has 3 aromatic rings. The van der Waals surface area contributed by atoms with Crippen LogP contribution in [-0.4, -0.2) is 56.3 Å². The maximum Gasteiger partial charge on any atom is 0.322 e. The standard InChI is InChI=1S/C29H33N3O4.ClH/c1-34-25-17-20(18-26(35-2)28(25)36-3)19-31-15-13-22(14-16-31)32-27(21-9-5-4-6-10-21)23-11-7-8-12-24(23)30-29(32)33;/h4-12,17-18,22,27H,13-16,19H2,1-3H3,(H,30,33);1H. The number of carbonyl (C=O) groups is 1. The highest BCUT2D eigenvalue weighted by Gasteiger charge is 2.39. The van der Waals surface area contributed by atoms with Gasteiger partial charge in [0.2, 0.25) is 5.75 Å². The molecule has 2 aliphatic heterocycles. The summed E-state index contributed by atoms with van der Waals surface area (Å²) in [7, 11) is 4.89. The number of fused-ring (bicyclic) bond motifs is 1. The Morgan fingerprint density at radius 3 is 2.11 bits per heavy atom. The van der Waals surface area contributed by atoms with Gasteiger partial charge >= 0.3 is 6.03 Å². The fourth-order valence-electron chi connectivity index (χ4n) is 5.49. The first-order chi connectivity index (χ1) is 17.6. The van der Waals surface area contributed by atoms with Gasteiger partial charge in [-0.05, 0) is 42.2 Å². The number of carbonyl (C=O) groups excluding carboxylic acids is 1. The van der Waals surface area contributed by atoms with Crippen LogP contribution in [0, 0.1) is 0 Å². The van der Waals surface area contributed by atoms with Gasteiger partial charge in [-0.3, -0.25) is 4.90 Å². The van der Waals surface area contributed by atoms with E-state index in [4.69, 9.17) is 14.2 Å². The van der Waals surface area contributed by atoms with E-state index >= 15 is 0 Å². The van der Waals surface area contributed by atoms with Crippen molar-refractivity contribution in [3.8, 4) is 17.2 Å². The zero-order chi connectivity index (χ0) is 25.1. The highest BCUT2D eigenvalue weighted by Crippen LogP contribution is 2.41. The monoisotopic (exact) mass is 523 g/mol. The molecule has 5 rings (SSSR count). The predicted octanol–water partition coefficient (Wildman–Crippen LogP) is 5.74. The molecule has 37 heavy (non-hydrogen) atoms. The van der Waals surface area contributed by atoms with E-state index in [1.807, 2.05) is 48.5 Å². The summed E-state index contributed by atoms with van der Waals surface area (Å²) < 4.78 is 16.5. The Balaban J connectivity index is 0.00000320. The third-order valence-corrected chi connectivity index (χ3v) is 7.21. The number of piperidine rings is 1. The molecule has 2 amide bonds. The molecule has 0 saturated carbocycles. The van der Waals surface area contributed by atoms with E-state index in [1.54, 1.807) is 21.3 Å². The van der Waals surface area contributed by atoms with Gasteiger partial charge in [-0.25, -0.2) is 4.79 Å². The molecule has 1 saturated heterocycles. The third kappa shape index (κ3) is 5.33. The first kappa shape index (κ1) is 26.6. The molecule has 0 bridgehead atoms. The molecule has 7 nitrogen and oxygen atoms in total. The summed E-state index contributed by atoms with van der Waals surface area (Å²) in [5, 5.41) is 3.13. The highest BCUT2D eigenvalue weighted by molar-refractivity contribution is 5.94. The van der Waals surface area contributed by atoms with Crippen LogP contribution in [0.5, 0.6) is 17.2 Å². The van der Waals surface area contributed by atoms with E-state index < -0.39 is 0 Å². The molecule has 8 heteroatoms. The molecule has 1 N–H and O–H groups in total. The molecular formula is C29H34ClN3O4. The lowest BCUT2D eigenvalue weighted by Gasteiger charge is -2.45. The molecule has 1 unspecified atom stereocenters. The zero-order valence-corrected chi connectivity index (χ0v) is 22.3. The van der Waals surface area contributed by atoms with Gasteiger partial charge in [-0.2, -0.15) is 0 Å². The zero-order valence-electron chi connectivity index (χ0n) is 21.5. The Morgan fingerprint density at radius 1 is 0.865 bits per heavy atom. The second kappa shape index (κ2) is 11.8. The van der Waals surface area contributed by atoms with Crippen molar-refractivity contribution in [3.63, 3.8) is 0 Å². The number of nitrogens with zero attached hydrogens (tertiary/aromatic N) is 2. The van der Waals surface area contributed by atoms with Crippen LogP contribution >= 0.6 is 12.4 Å². The summed E-state index contributed by atoms with van der Waals surface area (Å²) in [5.74, 6) is 1.93. The van der Waals surface area contributed by atoms with E-state index in [-0.39, 0.29) is 30.5 Å². The SMILES string of the molecule is COc1cc(CN2CCC(N3C(=O)Nc4ccccc4C3c3ccccc3)CC2)cc(OC)c1OC.Cl. The average Bonchev–Trinajstić information content (AvgIpc) is 2.92. The lowest BCUT2D eigenvalue weighted by Crippen LogP contribution is -2.52. The number of ether oxygens (including phenoxy) is 3. The Morgan fingerprint density at radius 2 is 1.49 bits per heavy atom. The summed E-state index contributed by atoms with van der Waals surface area (Å²) in [6.07, 6.45) is 1.81. The maximum absolute atomic E-state index is 13.4. The van der Waals surface area contributed by atoms with Crippen LogP contribution in [0.25, 0.3) is 0 Å². The van der Waals surface area contributed by atoms with Gasteiger partial charge in [0, 0.05) is 36.9 Å². The van der Waals surface area contributed by atoms with Crippen molar-refractivity contribution in [2.45, 2.75) is 31.5 Å². The van der Waals surface area contributed by atoms with Gasteiger partial charge in [0.15, 0.2) is 11.5 Å². The molecule has 1 fully saturated rings. The van der Waals surface area contributed by atoms with Gasteiger partial charge in [-0.15, -0.1) is 12.4 Å². The highest BCUT2D eigenvalue weighted by atomic mass is 35.5. The topological polar surface area (TPSA) is 63.3 Å². The number of para-hydroxylation sites is 1. The minimum atomic E-state index is -0.0946. The number of benzene rings is 3. The van der Waals surface area contributed by atoms with Gasteiger partial charge in [0.1, 0.15) is 0 Å². The number of amides is 2. The van der Waals surface area contributed by atoms with Gasteiger partial charge < -0.3 is 24.4 Å². The van der Waals surface area contributed by atoms with Crippen LogP contribution in [0.1, 0.15) is 35.6 Å². The Kier molecular flexibility index (Phi) is 8.46. The number of nitrogens with one attached hydrogen (secondary N) is 1. The first-order valence-electron chi connectivity index (χ1n) is 12.4. The molecule has 2 heterocycles. The molecule has 1 atom stereocenters. The quantitative estimate of drug-likeness (QED) is 0.428. The van der Waals surface area contributed by atoms with Crippen molar-refractivity contribution in [2.75, 3.05) is 39.7 Å². The first-order valence-corrected chi connectivity index (χ1v) is 12.4. The van der Waals surface area contributed by atoms with Crippen molar-refractivity contribution in [2.24, 2.45) is 0 Å². The summed E-state index contributed by atoms with van der Waals surface area (Å²) in [6.45, 7) is 2.57. The Labute approximate surface area is 224 Å². The molecule has 0 aliphatic carbocycles. The van der Waals surface area contributed by atoms with Crippen molar-refractivity contribution in [3.05, 3.63) is 83.4 Å². The van der Waals surface area contributed by atoms with Crippen molar-refractivity contribution >= 4 is 24.1 Å². The molecule has 2 aliphatic rings. The summed E-state index contributed by atoms with van der Waals surface area (Å²) in [5.41, 5.74) is 4.28. The van der Waals surface area contributed by atoms with Crippen LogP contribution in [0.3, 0.4) is 0 Å².